The van der Waals surface area contributed by atoms with Gasteiger partial charge in [0.1, 0.15) is 5.75 Å². The maximum Gasteiger partial charge on any atom is 0.261 e. The van der Waals surface area contributed by atoms with Gasteiger partial charge in [-0.15, -0.1) is 0 Å². The average molecular weight is 279 g/mol. The van der Waals surface area contributed by atoms with Gasteiger partial charge in [-0.1, -0.05) is 5.16 Å². The number of nitrogens with zero attached hydrogens (tertiary/aromatic N) is 1. The van der Waals surface area contributed by atoms with Crippen LogP contribution in [0, 0.1) is 0 Å². The molecule has 0 unspecified atom stereocenters. The van der Waals surface area contributed by atoms with E-state index in [4.69, 9.17) is 15.3 Å². The molecule has 7 nitrogen and oxygen atoms in total. The number of hydrogen-bond acceptors (Lipinski definition) is 5. The Morgan fingerprint density at radius 3 is 2.50 bits per heavy atom. The summed E-state index contributed by atoms with van der Waals surface area (Å²) < 4.78 is 5.05. The molecule has 108 valence electrons. The minimum Gasteiger partial charge on any atom is -0.497 e. The maximum atomic E-state index is 11.2. The Kier molecular flexibility index (Phi) is 6.02. The van der Waals surface area contributed by atoms with Crippen molar-refractivity contribution in [3.05, 3.63) is 29.8 Å². The molecule has 0 aromatic heterocycles. The molecule has 0 spiro atoms. The Balaban J connectivity index is 2.44. The first-order valence-corrected chi connectivity index (χ1v) is 5.89. The number of carbonyl (C=O) groups is 2. The van der Waals surface area contributed by atoms with E-state index in [1.54, 1.807) is 26.2 Å². The fourth-order valence-corrected chi connectivity index (χ4v) is 1.31. The molecule has 20 heavy (non-hydrogen) atoms. The number of benzene rings is 1. The largest absolute Gasteiger partial charge is 0.497 e. The molecule has 7 heteroatoms. The number of ether oxygens (including phenoxy) is 1. The highest BCUT2D eigenvalue weighted by molar-refractivity contribution is 5.98. The first-order valence-electron chi connectivity index (χ1n) is 5.89. The monoisotopic (exact) mass is 279 g/mol. The molecule has 3 N–H and O–H groups in total. The molecule has 1 rings (SSSR count). The molecule has 0 aliphatic heterocycles. The van der Waals surface area contributed by atoms with Crippen LogP contribution >= 0.6 is 0 Å². The molecule has 2 amide bonds. The van der Waals surface area contributed by atoms with Gasteiger partial charge in [0.2, 0.25) is 5.91 Å². The van der Waals surface area contributed by atoms with Crippen molar-refractivity contribution >= 4 is 17.5 Å². The predicted molar refractivity (Wildman–Crippen MR) is 73.4 cm³/mol. The highest BCUT2D eigenvalue weighted by atomic mass is 16.6. The van der Waals surface area contributed by atoms with Crippen LogP contribution < -0.4 is 15.8 Å². The van der Waals surface area contributed by atoms with E-state index in [9.17, 15) is 9.59 Å². The van der Waals surface area contributed by atoms with Crippen molar-refractivity contribution in [3.63, 3.8) is 0 Å². The lowest BCUT2D eigenvalue weighted by atomic mass is 10.1. The number of oxime groups is 1. The quantitative estimate of drug-likeness (QED) is 0.543. The Hall–Kier alpha value is -2.57. The highest BCUT2D eigenvalue weighted by Gasteiger charge is 2.03. The number of hydrogen-bond donors (Lipinski definition) is 2. The Morgan fingerprint density at radius 1 is 1.30 bits per heavy atom. The summed E-state index contributed by atoms with van der Waals surface area (Å²) in [5.74, 6) is -0.334. The molecule has 0 fully saturated rings. The van der Waals surface area contributed by atoms with Gasteiger partial charge in [0.05, 0.1) is 19.4 Å². The van der Waals surface area contributed by atoms with Crippen LogP contribution in [-0.4, -0.2) is 37.8 Å². The van der Waals surface area contributed by atoms with Crippen LogP contribution in [0.15, 0.2) is 29.4 Å². The van der Waals surface area contributed by atoms with Crippen molar-refractivity contribution in [1.82, 2.24) is 5.32 Å². The van der Waals surface area contributed by atoms with Gasteiger partial charge in [0, 0.05) is 0 Å². The molecule has 0 atom stereocenters. The van der Waals surface area contributed by atoms with Crippen molar-refractivity contribution in [2.75, 3.05) is 20.3 Å². The third-order valence-corrected chi connectivity index (χ3v) is 2.36. The number of carbonyl (C=O) groups excluding carboxylic acids is 2. The molecule has 1 aromatic rings. The lowest BCUT2D eigenvalue weighted by molar-refractivity contribution is -0.128. The molecule has 0 aliphatic carbocycles. The number of amides is 2. The summed E-state index contributed by atoms with van der Waals surface area (Å²) in [5, 5.41) is 6.10. The van der Waals surface area contributed by atoms with Gasteiger partial charge in [-0.25, -0.2) is 0 Å². The maximum absolute atomic E-state index is 11.2. The molecule has 0 heterocycles. The molecular weight excluding hydrogens is 262 g/mol. The van der Waals surface area contributed by atoms with Gasteiger partial charge in [0.15, 0.2) is 6.61 Å². The van der Waals surface area contributed by atoms with Crippen molar-refractivity contribution < 1.29 is 19.2 Å². The van der Waals surface area contributed by atoms with Gasteiger partial charge in [0.25, 0.3) is 5.91 Å². The van der Waals surface area contributed by atoms with Crippen molar-refractivity contribution in [3.8, 4) is 5.75 Å². The minimum atomic E-state index is -0.615. The smallest absolute Gasteiger partial charge is 0.261 e. The third kappa shape index (κ3) is 5.38. The van der Waals surface area contributed by atoms with Crippen LogP contribution in [0.4, 0.5) is 0 Å². The van der Waals surface area contributed by atoms with Crippen LogP contribution in [0.3, 0.4) is 0 Å². The second-order valence-electron chi connectivity index (χ2n) is 3.92. The van der Waals surface area contributed by atoms with E-state index in [1.807, 2.05) is 12.1 Å². The molecule has 0 bridgehead atoms. The molecular formula is C13H17N3O4. The van der Waals surface area contributed by atoms with Gasteiger partial charge in [-0.05, 0) is 36.8 Å². The molecule has 0 radical (unpaired) electrons. The zero-order valence-electron chi connectivity index (χ0n) is 11.4. The number of nitrogens with one attached hydrogen (secondary N) is 1. The summed E-state index contributed by atoms with van der Waals surface area (Å²) in [4.78, 5) is 26.6. The van der Waals surface area contributed by atoms with Crippen LogP contribution in [0.25, 0.3) is 0 Å². The molecule has 0 aliphatic rings. The SMILES string of the molecule is COc1ccc(/C(C)=N\OCC(=O)NCC(N)=O)cc1. The fraction of sp³-hybridized carbons (Fsp3) is 0.308. The van der Waals surface area contributed by atoms with E-state index in [1.165, 1.54) is 0 Å². The standard InChI is InChI=1S/C13H17N3O4/c1-9(10-3-5-11(19-2)6-4-10)16-20-8-13(18)15-7-12(14)17/h3-6H,7-8H2,1-2H3,(H2,14,17)(H,15,18)/b16-9-. The van der Waals surface area contributed by atoms with Gasteiger partial charge in [-0.3, -0.25) is 9.59 Å². The Labute approximate surface area is 116 Å². The highest BCUT2D eigenvalue weighted by Crippen LogP contribution is 2.11. The molecule has 0 saturated carbocycles. The second-order valence-corrected chi connectivity index (χ2v) is 3.92. The molecule has 1 aromatic carbocycles. The summed E-state index contributed by atoms with van der Waals surface area (Å²) in [7, 11) is 1.59. The first kappa shape index (κ1) is 15.5. The number of methoxy groups -OCH3 is 1. The summed E-state index contributed by atoms with van der Waals surface area (Å²) in [6.07, 6.45) is 0. The molecule has 0 saturated heterocycles. The zero-order chi connectivity index (χ0) is 15.0. The van der Waals surface area contributed by atoms with E-state index in [2.05, 4.69) is 10.5 Å². The van der Waals surface area contributed by atoms with E-state index in [-0.39, 0.29) is 13.2 Å². The topological polar surface area (TPSA) is 103 Å². The average Bonchev–Trinajstić information content (AvgIpc) is 2.45. The minimum absolute atomic E-state index is 0.219. The summed E-state index contributed by atoms with van der Waals surface area (Å²) in [6, 6.07) is 7.25. The Morgan fingerprint density at radius 2 is 1.95 bits per heavy atom. The van der Waals surface area contributed by atoms with Crippen LogP contribution in [0.5, 0.6) is 5.75 Å². The van der Waals surface area contributed by atoms with Gasteiger partial charge in [-0.2, -0.15) is 0 Å². The lowest BCUT2D eigenvalue weighted by Crippen LogP contribution is -2.35. The second kappa shape index (κ2) is 7.78. The van der Waals surface area contributed by atoms with Crippen LogP contribution in [0.1, 0.15) is 12.5 Å². The predicted octanol–water partition coefficient (Wildman–Crippen LogP) is 0.0373. The summed E-state index contributed by atoms with van der Waals surface area (Å²) >= 11 is 0. The normalized spacial score (nSPS) is 10.8. The number of primary amides is 1. The van der Waals surface area contributed by atoms with E-state index >= 15 is 0 Å². The van der Waals surface area contributed by atoms with Crippen LogP contribution in [0.2, 0.25) is 0 Å². The summed E-state index contributed by atoms with van der Waals surface area (Å²) in [5.41, 5.74) is 6.36. The summed E-state index contributed by atoms with van der Waals surface area (Å²) in [6.45, 7) is 1.26. The number of rotatable bonds is 7. The van der Waals surface area contributed by atoms with E-state index in [0.717, 1.165) is 11.3 Å². The van der Waals surface area contributed by atoms with Gasteiger partial charge >= 0.3 is 0 Å². The van der Waals surface area contributed by atoms with E-state index in [0.29, 0.717) is 5.71 Å². The van der Waals surface area contributed by atoms with Crippen molar-refractivity contribution in [2.24, 2.45) is 10.9 Å². The zero-order valence-corrected chi connectivity index (χ0v) is 11.4. The van der Waals surface area contributed by atoms with Crippen molar-refractivity contribution in [1.29, 1.82) is 0 Å². The van der Waals surface area contributed by atoms with E-state index < -0.39 is 11.8 Å². The van der Waals surface area contributed by atoms with Crippen LogP contribution in [-0.2, 0) is 14.4 Å². The number of nitrogens with two attached hydrogens (primary N) is 1. The van der Waals surface area contributed by atoms with Gasteiger partial charge < -0.3 is 20.6 Å². The lowest BCUT2D eigenvalue weighted by Gasteiger charge is -2.04. The van der Waals surface area contributed by atoms with Crippen molar-refractivity contribution in [2.45, 2.75) is 6.92 Å². The first-order chi connectivity index (χ1) is 9.52. The fourth-order valence-electron chi connectivity index (χ4n) is 1.31. The third-order valence-electron chi connectivity index (χ3n) is 2.36. The Bertz CT molecular complexity index is 497.